The van der Waals surface area contributed by atoms with Gasteiger partial charge in [-0.15, -0.1) is 0 Å². The van der Waals surface area contributed by atoms with Crippen LogP contribution < -0.4 is 4.72 Å². The molecule has 1 aromatic carbocycles. The van der Waals surface area contributed by atoms with Gasteiger partial charge in [0, 0.05) is 32.1 Å². The molecule has 0 saturated carbocycles. The largest absolute Gasteiger partial charge is 0.343 e. The van der Waals surface area contributed by atoms with Crippen LogP contribution in [0, 0.1) is 0 Å². The van der Waals surface area contributed by atoms with Crippen molar-refractivity contribution in [3.63, 3.8) is 0 Å². The quantitative estimate of drug-likeness (QED) is 0.596. The number of carbonyl (C=O) groups is 3. The van der Waals surface area contributed by atoms with Gasteiger partial charge in [-0.3, -0.25) is 19.3 Å². The van der Waals surface area contributed by atoms with Gasteiger partial charge in [-0.25, -0.2) is 13.1 Å². The molecule has 9 heteroatoms. The van der Waals surface area contributed by atoms with E-state index in [1.807, 2.05) is 6.92 Å². The van der Waals surface area contributed by atoms with Crippen LogP contribution in [0.4, 0.5) is 0 Å². The van der Waals surface area contributed by atoms with Crippen LogP contribution in [0.25, 0.3) is 0 Å². The molecule has 1 saturated heterocycles. The molecule has 0 unspecified atom stereocenters. The van der Waals surface area contributed by atoms with E-state index in [1.54, 1.807) is 29.2 Å². The Morgan fingerprint density at radius 3 is 2.23 bits per heavy atom. The summed E-state index contributed by atoms with van der Waals surface area (Å²) in [5.74, 6) is -0.502. The van der Waals surface area contributed by atoms with Gasteiger partial charge >= 0.3 is 0 Å². The molecule has 2 aliphatic rings. The molecule has 1 aromatic rings. The third-order valence-corrected chi connectivity index (χ3v) is 7.13. The predicted octanol–water partition coefficient (Wildman–Crippen LogP) is 1.77. The van der Waals surface area contributed by atoms with E-state index in [4.69, 9.17) is 0 Å². The Bertz CT molecular complexity index is 872. The van der Waals surface area contributed by atoms with Gasteiger partial charge in [0.25, 0.3) is 11.8 Å². The van der Waals surface area contributed by atoms with Crippen LogP contribution in [-0.2, 0) is 14.8 Å². The molecule has 8 nitrogen and oxygen atoms in total. The van der Waals surface area contributed by atoms with E-state index < -0.39 is 10.0 Å². The van der Waals surface area contributed by atoms with Crippen molar-refractivity contribution in [2.75, 3.05) is 25.4 Å². The van der Waals surface area contributed by atoms with Gasteiger partial charge in [0.05, 0.1) is 16.9 Å². The lowest BCUT2D eigenvalue weighted by atomic mass is 10.1. The number of amides is 3. The van der Waals surface area contributed by atoms with Crippen molar-refractivity contribution in [2.24, 2.45) is 0 Å². The molecule has 0 bridgehead atoms. The van der Waals surface area contributed by atoms with Gasteiger partial charge in [0.1, 0.15) is 0 Å². The number of rotatable bonds is 9. The highest BCUT2D eigenvalue weighted by Crippen LogP contribution is 2.23. The summed E-state index contributed by atoms with van der Waals surface area (Å²) in [6.07, 6.45) is 3.31. The fourth-order valence-electron chi connectivity index (χ4n) is 3.88. The summed E-state index contributed by atoms with van der Waals surface area (Å²) in [4.78, 5) is 40.1. The summed E-state index contributed by atoms with van der Waals surface area (Å²) >= 11 is 0. The topological polar surface area (TPSA) is 104 Å². The number of sulfonamides is 1. The second-order valence-corrected chi connectivity index (χ2v) is 9.73. The Morgan fingerprint density at radius 2 is 1.67 bits per heavy atom. The normalized spacial score (nSPS) is 17.5. The van der Waals surface area contributed by atoms with Crippen LogP contribution in [0.5, 0.6) is 0 Å². The lowest BCUT2D eigenvalue weighted by Gasteiger charge is -2.32. The Hall–Kier alpha value is -2.26. The first kappa shape index (κ1) is 22.4. The van der Waals surface area contributed by atoms with Crippen LogP contribution in [-0.4, -0.2) is 67.4 Å². The number of imide groups is 1. The van der Waals surface area contributed by atoms with Crippen LogP contribution in [0.1, 0.15) is 66.2 Å². The Morgan fingerprint density at radius 1 is 1.07 bits per heavy atom. The summed E-state index contributed by atoms with van der Waals surface area (Å²) in [7, 11) is -3.26. The van der Waals surface area contributed by atoms with Crippen LogP contribution >= 0.6 is 0 Å². The van der Waals surface area contributed by atoms with Crippen LogP contribution in [0.15, 0.2) is 24.3 Å². The van der Waals surface area contributed by atoms with E-state index in [2.05, 4.69) is 4.72 Å². The van der Waals surface area contributed by atoms with E-state index in [0.717, 1.165) is 6.42 Å². The molecule has 0 atom stereocenters. The van der Waals surface area contributed by atoms with E-state index in [0.29, 0.717) is 49.9 Å². The highest BCUT2D eigenvalue weighted by molar-refractivity contribution is 7.89. The van der Waals surface area contributed by atoms with E-state index in [-0.39, 0.29) is 42.5 Å². The van der Waals surface area contributed by atoms with Gasteiger partial charge < -0.3 is 4.90 Å². The van der Waals surface area contributed by atoms with Crippen LogP contribution in [0.3, 0.4) is 0 Å². The zero-order chi connectivity index (χ0) is 21.7. The molecular formula is C21H29N3O5S. The first-order chi connectivity index (χ1) is 14.3. The molecule has 1 fully saturated rings. The second-order valence-electron chi connectivity index (χ2n) is 7.86. The Kier molecular flexibility index (Phi) is 7.25. The predicted molar refractivity (Wildman–Crippen MR) is 112 cm³/mol. The minimum absolute atomic E-state index is 0.0288. The second kappa shape index (κ2) is 9.70. The minimum atomic E-state index is -3.26. The molecule has 1 N–H and O–H groups in total. The smallest absolute Gasteiger partial charge is 0.261 e. The molecule has 0 aromatic heterocycles. The number of hydrogen-bond donors (Lipinski definition) is 1. The molecule has 3 amide bonds. The molecule has 0 spiro atoms. The van der Waals surface area contributed by atoms with E-state index >= 15 is 0 Å². The van der Waals surface area contributed by atoms with Crippen LogP contribution in [0.2, 0.25) is 0 Å². The number of nitrogens with zero attached hydrogens (tertiary/aromatic N) is 2. The highest BCUT2D eigenvalue weighted by Gasteiger charge is 2.34. The molecule has 164 valence electrons. The number of fused-ring (bicyclic) bond motifs is 1. The lowest BCUT2D eigenvalue weighted by molar-refractivity contribution is -0.132. The third kappa shape index (κ3) is 5.26. The summed E-state index contributed by atoms with van der Waals surface area (Å²) in [5, 5.41) is 0. The van der Waals surface area contributed by atoms with Gasteiger partial charge in [0.2, 0.25) is 15.9 Å². The van der Waals surface area contributed by atoms with Crippen molar-refractivity contribution < 1.29 is 22.8 Å². The summed E-state index contributed by atoms with van der Waals surface area (Å²) in [6, 6.07) is 6.60. The average molecular weight is 436 g/mol. The number of hydrogen-bond acceptors (Lipinski definition) is 5. The molecule has 3 rings (SSSR count). The van der Waals surface area contributed by atoms with Crippen molar-refractivity contribution in [1.82, 2.24) is 14.5 Å². The summed E-state index contributed by atoms with van der Waals surface area (Å²) in [5.41, 5.74) is 0.828. The number of carbonyl (C=O) groups excluding carboxylic acids is 3. The Balaban J connectivity index is 1.41. The number of nitrogens with one attached hydrogen (secondary N) is 1. The van der Waals surface area contributed by atoms with Gasteiger partial charge in [-0.05, 0) is 37.8 Å². The number of benzene rings is 1. The van der Waals surface area contributed by atoms with Crippen molar-refractivity contribution >= 4 is 27.7 Å². The van der Waals surface area contributed by atoms with Crippen molar-refractivity contribution in [3.05, 3.63) is 35.4 Å². The molecule has 0 radical (unpaired) electrons. The molecule has 30 heavy (non-hydrogen) atoms. The van der Waals surface area contributed by atoms with Crippen molar-refractivity contribution in [1.29, 1.82) is 0 Å². The third-order valence-electron chi connectivity index (χ3n) is 5.61. The fourth-order valence-corrected chi connectivity index (χ4v) is 5.41. The number of piperidine rings is 1. The highest BCUT2D eigenvalue weighted by atomic mass is 32.2. The maximum absolute atomic E-state index is 12.5. The Labute approximate surface area is 177 Å². The standard InChI is InChI=1S/C21H29N3O5S/c1-2-3-15-30(28,29)22-16-10-13-23(14-11-16)19(25)9-6-12-24-20(26)17-7-4-5-8-18(17)21(24)27/h4-5,7-8,16,22H,2-3,6,9-15H2,1H3. The van der Waals surface area contributed by atoms with Gasteiger partial charge in [0.15, 0.2) is 0 Å². The first-order valence-electron chi connectivity index (χ1n) is 10.6. The van der Waals surface area contributed by atoms with E-state index in [9.17, 15) is 22.8 Å². The number of likely N-dealkylation sites (tertiary alicyclic amines) is 1. The molecule has 0 aliphatic carbocycles. The molecule has 2 heterocycles. The summed E-state index contributed by atoms with van der Waals surface area (Å²) in [6.45, 7) is 3.18. The van der Waals surface area contributed by atoms with Crippen molar-refractivity contribution in [3.8, 4) is 0 Å². The summed E-state index contributed by atoms with van der Waals surface area (Å²) < 4.78 is 26.8. The molecule has 2 aliphatic heterocycles. The fraction of sp³-hybridized carbons (Fsp3) is 0.571. The maximum atomic E-state index is 12.5. The van der Waals surface area contributed by atoms with Gasteiger partial charge in [-0.1, -0.05) is 25.5 Å². The molecular weight excluding hydrogens is 406 g/mol. The van der Waals surface area contributed by atoms with Gasteiger partial charge in [-0.2, -0.15) is 0 Å². The lowest BCUT2D eigenvalue weighted by Crippen LogP contribution is -2.47. The number of unbranched alkanes of at least 4 members (excludes halogenated alkanes) is 1. The minimum Gasteiger partial charge on any atom is -0.343 e. The SMILES string of the molecule is CCCCS(=O)(=O)NC1CCN(C(=O)CCCN2C(=O)c3ccccc3C2=O)CC1. The van der Waals surface area contributed by atoms with E-state index in [1.165, 1.54) is 4.90 Å². The average Bonchev–Trinajstić information content (AvgIpc) is 2.97. The maximum Gasteiger partial charge on any atom is 0.261 e. The zero-order valence-corrected chi connectivity index (χ0v) is 18.1. The van der Waals surface area contributed by atoms with Crippen molar-refractivity contribution in [2.45, 2.75) is 51.5 Å². The monoisotopic (exact) mass is 435 g/mol. The zero-order valence-electron chi connectivity index (χ0n) is 17.3. The first-order valence-corrected chi connectivity index (χ1v) is 12.2.